The number of likely N-dealkylation sites (N-methyl/N-ethyl adjacent to an activating group) is 1. The topological polar surface area (TPSA) is 20.5 Å². The number of aliphatic imine (C=N–C) groups is 1. The van der Waals surface area contributed by atoms with Gasteiger partial charge in [0, 0.05) is 67.2 Å². The Morgan fingerprint density at radius 3 is 2.17 bits per heavy atom. The number of aromatic nitrogens is 1. The lowest BCUT2D eigenvalue weighted by molar-refractivity contribution is 0.384. The van der Waals surface area contributed by atoms with Gasteiger partial charge in [0.15, 0.2) is 0 Å². The summed E-state index contributed by atoms with van der Waals surface area (Å²) in [6.45, 7) is 8.00. The van der Waals surface area contributed by atoms with E-state index in [0.717, 1.165) is 6.42 Å². The highest BCUT2D eigenvalue weighted by molar-refractivity contribution is 7.27. The van der Waals surface area contributed by atoms with E-state index in [1.165, 1.54) is 86.6 Å². The lowest BCUT2D eigenvalue weighted by atomic mass is 9.82. The number of hydrogen-bond donors (Lipinski definition) is 0. The zero-order valence-electron chi connectivity index (χ0n) is 30.5. The van der Waals surface area contributed by atoms with Gasteiger partial charge in [-0.05, 0) is 34.2 Å². The van der Waals surface area contributed by atoms with E-state index < -0.39 is 0 Å². The zero-order valence-corrected chi connectivity index (χ0v) is 31.3. The predicted octanol–water partition coefficient (Wildman–Crippen LogP) is 12.8. The molecule has 0 N–H and O–H groups in total. The highest BCUT2D eigenvalue weighted by atomic mass is 32.1. The molecule has 4 heteroatoms. The van der Waals surface area contributed by atoms with E-state index in [4.69, 9.17) is 4.99 Å². The molecule has 0 amide bonds. The number of rotatable bonds is 2. The predicted molar refractivity (Wildman–Crippen MR) is 227 cm³/mol. The first-order valence-corrected chi connectivity index (χ1v) is 19.7. The molecule has 256 valence electrons. The summed E-state index contributed by atoms with van der Waals surface area (Å²) >= 11 is 1.92. The minimum Gasteiger partial charge on any atom is -0.334 e. The van der Waals surface area contributed by atoms with Gasteiger partial charge in [0.1, 0.15) is 12.0 Å². The fourth-order valence-corrected chi connectivity index (χ4v) is 10.1. The van der Waals surface area contributed by atoms with Crippen LogP contribution in [0.4, 0.5) is 0 Å². The molecule has 0 bridgehead atoms. The van der Waals surface area contributed by atoms with E-state index in [2.05, 4.69) is 156 Å². The summed E-state index contributed by atoms with van der Waals surface area (Å²) in [4.78, 5) is 8.04. The Bertz CT molecular complexity index is 2740. The summed E-state index contributed by atoms with van der Waals surface area (Å²) in [7, 11) is 2.26. The summed E-state index contributed by atoms with van der Waals surface area (Å²) in [5, 5.41) is 7.90. The van der Waals surface area contributed by atoms with E-state index >= 15 is 0 Å². The van der Waals surface area contributed by atoms with Crippen LogP contribution in [0.25, 0.3) is 64.1 Å². The van der Waals surface area contributed by atoms with Crippen molar-refractivity contribution >= 4 is 81.2 Å². The van der Waals surface area contributed by atoms with Gasteiger partial charge in [-0.3, -0.25) is 9.56 Å². The number of fused-ring (bicyclic) bond motifs is 14. The Kier molecular flexibility index (Phi) is 8.08. The number of allylic oxidation sites excluding steroid dienone is 7. The Labute approximate surface area is 309 Å². The number of nitrogens with zero attached hydrogens (tertiary/aromatic N) is 3. The van der Waals surface area contributed by atoms with Gasteiger partial charge in [-0.1, -0.05) is 155 Å². The lowest BCUT2D eigenvalue weighted by Crippen LogP contribution is -2.38. The first-order chi connectivity index (χ1) is 25.7. The maximum atomic E-state index is 5.59. The van der Waals surface area contributed by atoms with Gasteiger partial charge >= 0.3 is 0 Å². The molecular formula is C48H43N3S. The Balaban J connectivity index is 0.000000872. The van der Waals surface area contributed by atoms with E-state index in [1.54, 1.807) is 0 Å². The molecule has 52 heavy (non-hydrogen) atoms. The standard InChI is InChI=1S/C44H31N3S.2C2H6/c1-46-43(29-23-22-26-12-2-3-13-27(26)24-29)45-35-25-28-14-4-5-15-30(28)39(35)44(46)47-36-20-10-8-18-33(36)38-31-16-6-7-17-32(31)42-40(41(38)47)34-19-9-11-21-37(34)48-42;2*1-2/h2-24,26-27,43H,25H2,1H3;2*1-2H3. The molecule has 3 aliphatic carbocycles. The molecule has 5 aromatic carbocycles. The van der Waals surface area contributed by atoms with Crippen LogP contribution < -0.4 is 0 Å². The molecule has 7 aromatic rings. The second-order valence-electron chi connectivity index (χ2n) is 13.5. The van der Waals surface area contributed by atoms with Crippen LogP contribution in [0.2, 0.25) is 0 Å². The number of benzene rings is 5. The monoisotopic (exact) mass is 693 g/mol. The van der Waals surface area contributed by atoms with Crippen LogP contribution in [0, 0.1) is 11.8 Å². The highest BCUT2D eigenvalue weighted by Gasteiger charge is 2.38. The van der Waals surface area contributed by atoms with Crippen molar-refractivity contribution in [2.45, 2.75) is 40.3 Å². The van der Waals surface area contributed by atoms with Crippen LogP contribution in [-0.4, -0.2) is 28.4 Å². The van der Waals surface area contributed by atoms with Crippen molar-refractivity contribution in [3.8, 4) is 0 Å². The summed E-state index contributed by atoms with van der Waals surface area (Å²) in [6.07, 6.45) is 16.8. The van der Waals surface area contributed by atoms with Crippen molar-refractivity contribution in [3.63, 3.8) is 0 Å². The molecule has 0 radical (unpaired) electrons. The number of para-hydroxylation sites is 1. The van der Waals surface area contributed by atoms with E-state index in [-0.39, 0.29) is 6.17 Å². The second-order valence-corrected chi connectivity index (χ2v) is 14.5. The van der Waals surface area contributed by atoms with Crippen molar-refractivity contribution in [2.24, 2.45) is 16.8 Å². The molecule has 4 aliphatic rings. The fourth-order valence-electron chi connectivity index (χ4n) is 8.81. The quantitative estimate of drug-likeness (QED) is 0.177. The second kappa shape index (κ2) is 13.0. The summed E-state index contributed by atoms with van der Waals surface area (Å²) in [5.74, 6) is 1.98. The van der Waals surface area contributed by atoms with Crippen LogP contribution in [0.15, 0.2) is 150 Å². The third-order valence-electron chi connectivity index (χ3n) is 10.9. The van der Waals surface area contributed by atoms with Crippen molar-refractivity contribution in [1.29, 1.82) is 0 Å². The van der Waals surface area contributed by atoms with Gasteiger partial charge in [-0.2, -0.15) is 0 Å². The zero-order chi connectivity index (χ0) is 35.5. The molecule has 1 aliphatic heterocycles. The normalized spacial score (nSPS) is 20.0. The van der Waals surface area contributed by atoms with Gasteiger partial charge < -0.3 is 4.90 Å². The fraction of sp³-hybridized carbons (Fsp3) is 0.188. The SMILES string of the molecule is CC.CC.CN1C(n2c3ccccc3c3c4ccccc4c4sc5ccccc5c4c32)=C2C(=NC1C1=CC3C=CC=CC3C=C1)Cc1ccccc12. The summed E-state index contributed by atoms with van der Waals surface area (Å²) < 4.78 is 5.28. The highest BCUT2D eigenvalue weighted by Crippen LogP contribution is 2.50. The average Bonchev–Trinajstić information content (AvgIpc) is 3.89. The van der Waals surface area contributed by atoms with Crippen LogP contribution >= 0.6 is 11.3 Å². The van der Waals surface area contributed by atoms with E-state index in [0.29, 0.717) is 11.8 Å². The molecule has 0 fully saturated rings. The molecule has 3 nitrogen and oxygen atoms in total. The van der Waals surface area contributed by atoms with Crippen molar-refractivity contribution in [3.05, 3.63) is 156 Å². The third-order valence-corrected chi connectivity index (χ3v) is 12.1. The molecule has 0 saturated heterocycles. The van der Waals surface area contributed by atoms with Gasteiger partial charge in [0.25, 0.3) is 0 Å². The minimum atomic E-state index is -0.129. The largest absolute Gasteiger partial charge is 0.334 e. The summed E-state index contributed by atoms with van der Waals surface area (Å²) in [6, 6.07) is 35.9. The first-order valence-electron chi connectivity index (χ1n) is 18.9. The van der Waals surface area contributed by atoms with Gasteiger partial charge in [-0.15, -0.1) is 11.3 Å². The smallest absolute Gasteiger partial charge is 0.148 e. The van der Waals surface area contributed by atoms with Crippen LogP contribution in [0.1, 0.15) is 38.8 Å². The number of hydrogen-bond acceptors (Lipinski definition) is 3. The minimum absolute atomic E-state index is 0.129. The molecule has 11 rings (SSSR count). The average molecular weight is 694 g/mol. The van der Waals surface area contributed by atoms with Crippen LogP contribution in [-0.2, 0) is 6.42 Å². The van der Waals surface area contributed by atoms with Gasteiger partial charge in [0.05, 0.1) is 16.7 Å². The Hall–Kier alpha value is -5.45. The molecular weight excluding hydrogens is 651 g/mol. The van der Waals surface area contributed by atoms with Crippen LogP contribution in [0.5, 0.6) is 0 Å². The van der Waals surface area contributed by atoms with Gasteiger partial charge in [0.2, 0.25) is 0 Å². The lowest BCUT2D eigenvalue weighted by Gasteiger charge is -2.38. The van der Waals surface area contributed by atoms with E-state index in [9.17, 15) is 0 Å². The van der Waals surface area contributed by atoms with Gasteiger partial charge in [-0.25, -0.2) is 0 Å². The van der Waals surface area contributed by atoms with Crippen molar-refractivity contribution in [1.82, 2.24) is 9.47 Å². The summed E-state index contributed by atoms with van der Waals surface area (Å²) in [5.41, 5.74) is 8.86. The Morgan fingerprint density at radius 2 is 1.35 bits per heavy atom. The molecule has 2 aromatic heterocycles. The molecule has 3 atom stereocenters. The first kappa shape index (κ1) is 32.5. The third kappa shape index (κ3) is 4.67. The maximum Gasteiger partial charge on any atom is 0.148 e. The molecule has 3 unspecified atom stereocenters. The Morgan fingerprint density at radius 1 is 0.673 bits per heavy atom. The molecule has 0 saturated carbocycles. The van der Waals surface area contributed by atoms with Crippen molar-refractivity contribution in [2.75, 3.05) is 7.05 Å². The van der Waals surface area contributed by atoms with E-state index in [1.807, 2.05) is 39.0 Å². The maximum absolute atomic E-state index is 5.59. The van der Waals surface area contributed by atoms with Crippen LogP contribution in [0.3, 0.4) is 0 Å². The molecule has 3 heterocycles. The number of thiophene rings is 1. The van der Waals surface area contributed by atoms with Crippen molar-refractivity contribution < 1.29 is 0 Å². The molecule has 0 spiro atoms.